The Hall–Kier alpha value is -1.09. The molecule has 2 nitrogen and oxygen atoms in total. The summed E-state index contributed by atoms with van der Waals surface area (Å²) in [6, 6.07) is 10.4. The third-order valence-corrected chi connectivity index (χ3v) is 3.87. The van der Waals surface area contributed by atoms with Gasteiger partial charge in [-0.25, -0.2) is 0 Å². The average molecular weight is 292 g/mol. The highest BCUT2D eigenvalue weighted by Gasteiger charge is 2.03. The van der Waals surface area contributed by atoms with E-state index in [1.807, 2.05) is 13.1 Å². The van der Waals surface area contributed by atoms with Gasteiger partial charge in [-0.2, -0.15) is 0 Å². The lowest BCUT2D eigenvalue weighted by Crippen LogP contribution is -2.37. The Bertz CT molecular complexity index is 365. The van der Waals surface area contributed by atoms with Gasteiger partial charge in [0.15, 0.2) is 5.11 Å². The fraction of sp³-hybridized carbons (Fsp3) is 0.588. The monoisotopic (exact) mass is 292 g/mol. The molecule has 112 valence electrons. The highest BCUT2D eigenvalue weighted by atomic mass is 32.1. The Morgan fingerprint density at radius 2 is 1.70 bits per heavy atom. The summed E-state index contributed by atoms with van der Waals surface area (Å²) in [5.41, 5.74) is 1.29. The molecule has 0 unspecified atom stereocenters. The molecule has 3 heteroatoms. The summed E-state index contributed by atoms with van der Waals surface area (Å²) in [4.78, 5) is 2.10. The van der Waals surface area contributed by atoms with Gasteiger partial charge in [0.1, 0.15) is 0 Å². The van der Waals surface area contributed by atoms with E-state index in [-0.39, 0.29) is 0 Å². The van der Waals surface area contributed by atoms with Crippen LogP contribution in [-0.4, -0.2) is 23.6 Å². The molecule has 0 amide bonds. The van der Waals surface area contributed by atoms with Crippen molar-refractivity contribution in [3.05, 3.63) is 35.9 Å². The number of benzene rings is 1. The zero-order valence-corrected chi connectivity index (χ0v) is 13.7. The van der Waals surface area contributed by atoms with E-state index in [0.29, 0.717) is 0 Å². The molecule has 0 aromatic heterocycles. The van der Waals surface area contributed by atoms with Crippen molar-refractivity contribution in [1.82, 2.24) is 10.2 Å². The van der Waals surface area contributed by atoms with Crippen molar-refractivity contribution in [2.45, 2.75) is 52.0 Å². The van der Waals surface area contributed by atoms with Crippen molar-refractivity contribution in [3.8, 4) is 0 Å². The fourth-order valence-electron chi connectivity index (χ4n) is 2.16. The normalized spacial score (nSPS) is 10.3. The molecule has 1 aromatic rings. The van der Waals surface area contributed by atoms with Crippen LogP contribution >= 0.6 is 12.2 Å². The van der Waals surface area contributed by atoms with Crippen LogP contribution in [0.3, 0.4) is 0 Å². The number of rotatable bonds is 9. The maximum atomic E-state index is 5.41. The van der Waals surface area contributed by atoms with Crippen molar-refractivity contribution in [3.63, 3.8) is 0 Å². The van der Waals surface area contributed by atoms with Crippen molar-refractivity contribution in [2.24, 2.45) is 0 Å². The number of thiocarbonyl (C=S) groups is 1. The fourth-order valence-corrected chi connectivity index (χ4v) is 2.33. The molecule has 0 aliphatic heterocycles. The third-order valence-electron chi connectivity index (χ3n) is 3.42. The van der Waals surface area contributed by atoms with E-state index in [0.717, 1.165) is 18.2 Å². The van der Waals surface area contributed by atoms with E-state index >= 15 is 0 Å². The van der Waals surface area contributed by atoms with Crippen LogP contribution in [0.2, 0.25) is 0 Å². The highest BCUT2D eigenvalue weighted by Crippen LogP contribution is 2.05. The largest absolute Gasteiger partial charge is 0.363 e. The van der Waals surface area contributed by atoms with Crippen LogP contribution in [0.25, 0.3) is 0 Å². The van der Waals surface area contributed by atoms with Crippen molar-refractivity contribution in [2.75, 3.05) is 13.6 Å². The van der Waals surface area contributed by atoms with Crippen molar-refractivity contribution >= 4 is 17.3 Å². The lowest BCUT2D eigenvalue weighted by atomic mass is 10.1. The summed E-state index contributed by atoms with van der Waals surface area (Å²) in [6.07, 6.45) is 7.91. The minimum atomic E-state index is 0.849. The van der Waals surface area contributed by atoms with Gasteiger partial charge in [0.2, 0.25) is 0 Å². The van der Waals surface area contributed by atoms with E-state index in [1.54, 1.807) is 0 Å². The molecule has 0 radical (unpaired) electrons. The Morgan fingerprint density at radius 1 is 1.05 bits per heavy atom. The predicted molar refractivity (Wildman–Crippen MR) is 91.9 cm³/mol. The maximum absolute atomic E-state index is 5.41. The summed E-state index contributed by atoms with van der Waals surface area (Å²) in [5.74, 6) is 0. The van der Waals surface area contributed by atoms with E-state index in [1.165, 1.54) is 44.1 Å². The summed E-state index contributed by atoms with van der Waals surface area (Å²) in [5, 5.41) is 4.20. The highest BCUT2D eigenvalue weighted by molar-refractivity contribution is 7.80. The van der Waals surface area contributed by atoms with Crippen LogP contribution in [0, 0.1) is 0 Å². The molecule has 20 heavy (non-hydrogen) atoms. The minimum absolute atomic E-state index is 0.849. The molecule has 0 bridgehead atoms. The molecule has 1 aromatic carbocycles. The molecule has 0 heterocycles. The number of hydrogen-bond donors (Lipinski definition) is 1. The van der Waals surface area contributed by atoms with Gasteiger partial charge < -0.3 is 10.2 Å². The van der Waals surface area contributed by atoms with Gasteiger partial charge in [-0.1, -0.05) is 69.4 Å². The number of unbranched alkanes of at least 4 members (excludes halogenated alkanes) is 5. The first-order valence-corrected chi connectivity index (χ1v) is 8.17. The number of nitrogens with zero attached hydrogens (tertiary/aromatic N) is 1. The first-order chi connectivity index (χ1) is 9.74. The van der Waals surface area contributed by atoms with Crippen molar-refractivity contribution in [1.29, 1.82) is 0 Å². The van der Waals surface area contributed by atoms with Gasteiger partial charge in [0, 0.05) is 20.1 Å². The second-order valence-corrected chi connectivity index (χ2v) is 5.73. The third kappa shape index (κ3) is 7.49. The van der Waals surface area contributed by atoms with E-state index in [9.17, 15) is 0 Å². The quantitative estimate of drug-likeness (QED) is 0.538. The average Bonchev–Trinajstić information content (AvgIpc) is 2.47. The number of hydrogen-bond acceptors (Lipinski definition) is 1. The van der Waals surface area contributed by atoms with Crippen LogP contribution in [0.1, 0.15) is 51.0 Å². The Balaban J connectivity index is 2.10. The van der Waals surface area contributed by atoms with Crippen molar-refractivity contribution < 1.29 is 0 Å². The molecular weight excluding hydrogens is 264 g/mol. The predicted octanol–water partition coefficient (Wildman–Crippen LogP) is 4.35. The van der Waals surface area contributed by atoms with Crippen LogP contribution < -0.4 is 5.32 Å². The van der Waals surface area contributed by atoms with Gasteiger partial charge in [-0.05, 0) is 24.2 Å². The van der Waals surface area contributed by atoms with E-state index in [2.05, 4.69) is 41.4 Å². The Morgan fingerprint density at radius 3 is 2.40 bits per heavy atom. The topological polar surface area (TPSA) is 15.3 Å². The molecule has 0 fully saturated rings. The summed E-state index contributed by atoms with van der Waals surface area (Å²) >= 11 is 5.41. The molecule has 1 N–H and O–H groups in total. The second-order valence-electron chi connectivity index (χ2n) is 5.34. The zero-order chi connectivity index (χ0) is 14.6. The lowest BCUT2D eigenvalue weighted by molar-refractivity contribution is 0.485. The lowest BCUT2D eigenvalue weighted by Gasteiger charge is -2.21. The van der Waals surface area contributed by atoms with Crippen LogP contribution in [-0.2, 0) is 6.54 Å². The van der Waals surface area contributed by atoms with Gasteiger partial charge in [-0.15, -0.1) is 0 Å². The molecule has 0 spiro atoms. The summed E-state index contributed by atoms with van der Waals surface area (Å²) < 4.78 is 0. The smallest absolute Gasteiger partial charge is 0.168 e. The zero-order valence-electron chi connectivity index (χ0n) is 12.9. The number of nitrogens with one attached hydrogen (secondary N) is 1. The van der Waals surface area contributed by atoms with Gasteiger partial charge in [-0.3, -0.25) is 0 Å². The van der Waals surface area contributed by atoms with Crippen LogP contribution in [0.5, 0.6) is 0 Å². The van der Waals surface area contributed by atoms with Gasteiger partial charge in [0.05, 0.1) is 0 Å². The Kier molecular flexibility index (Phi) is 9.05. The molecular formula is C17H28N2S. The standard InChI is InChI=1S/C17H28N2S/c1-3-4-5-6-7-11-14-18-17(20)19(2)15-16-12-9-8-10-13-16/h8-10,12-13H,3-7,11,14-15H2,1-2H3,(H,18,20). The SMILES string of the molecule is CCCCCCCCNC(=S)N(C)Cc1ccccc1. The first-order valence-electron chi connectivity index (χ1n) is 7.77. The van der Waals surface area contributed by atoms with Crippen LogP contribution in [0.4, 0.5) is 0 Å². The molecule has 1 rings (SSSR count). The van der Waals surface area contributed by atoms with Gasteiger partial charge in [0.25, 0.3) is 0 Å². The summed E-state index contributed by atoms with van der Waals surface area (Å²) in [7, 11) is 2.05. The molecule has 0 aliphatic rings. The van der Waals surface area contributed by atoms with Gasteiger partial charge >= 0.3 is 0 Å². The first kappa shape index (κ1) is 17.0. The molecule has 0 saturated carbocycles. The maximum Gasteiger partial charge on any atom is 0.168 e. The Labute approximate surface area is 129 Å². The molecule has 0 atom stereocenters. The van der Waals surface area contributed by atoms with E-state index < -0.39 is 0 Å². The minimum Gasteiger partial charge on any atom is -0.363 e. The van der Waals surface area contributed by atoms with E-state index in [4.69, 9.17) is 12.2 Å². The summed E-state index contributed by atoms with van der Waals surface area (Å²) in [6.45, 7) is 4.11. The van der Waals surface area contributed by atoms with Crippen LogP contribution in [0.15, 0.2) is 30.3 Å². The second kappa shape index (κ2) is 10.7. The molecule has 0 saturated heterocycles. The molecule has 0 aliphatic carbocycles.